The van der Waals surface area contributed by atoms with E-state index in [9.17, 15) is 43.9 Å². The van der Waals surface area contributed by atoms with E-state index in [0.717, 1.165) is 23.2 Å². The summed E-state index contributed by atoms with van der Waals surface area (Å²) in [6.07, 6.45) is -4.46. The molecule has 0 spiro atoms. The van der Waals surface area contributed by atoms with Crippen LogP contribution in [0.5, 0.6) is 0 Å². The SMILES string of the molecule is CC(C)n1nc(C(F)(F)F)c2c1C(F)(F)C1CC21.CC(C)n1nc(C(F)(F)F)c2c1C1CC1CC2.N#Cc1c[nH]c2c1C1CC1C2(F)F. The predicted molar refractivity (Wildman–Crippen MR) is 149 cm³/mol. The smallest absolute Gasteiger partial charge is 0.359 e. The summed E-state index contributed by atoms with van der Waals surface area (Å²) >= 11 is 0. The van der Waals surface area contributed by atoms with Gasteiger partial charge in [0.2, 0.25) is 0 Å². The minimum absolute atomic E-state index is 0.000741. The molecule has 3 aromatic rings. The molecule has 0 radical (unpaired) electrons. The van der Waals surface area contributed by atoms with Gasteiger partial charge in [-0.2, -0.15) is 59.4 Å². The molecule has 6 atom stereocenters. The van der Waals surface area contributed by atoms with E-state index in [4.69, 9.17) is 5.26 Å². The van der Waals surface area contributed by atoms with E-state index < -0.39 is 65.1 Å². The van der Waals surface area contributed by atoms with Crippen LogP contribution in [-0.2, 0) is 30.6 Å². The Bertz CT molecular complexity index is 1820. The van der Waals surface area contributed by atoms with Crippen molar-refractivity contribution in [2.45, 2.75) is 114 Å². The van der Waals surface area contributed by atoms with Crippen LogP contribution in [0, 0.1) is 29.1 Å². The summed E-state index contributed by atoms with van der Waals surface area (Å²) in [5, 5.41) is 15.9. The molecule has 6 unspecified atom stereocenters. The molecule has 260 valence electrons. The number of H-pyrrole nitrogens is 1. The Hall–Kier alpha value is -3.51. The van der Waals surface area contributed by atoms with Gasteiger partial charge in [0.15, 0.2) is 11.4 Å². The number of fused-ring (bicyclic) bond motifs is 9. The average molecular weight is 691 g/mol. The fourth-order valence-corrected chi connectivity index (χ4v) is 8.07. The van der Waals surface area contributed by atoms with Gasteiger partial charge in [-0.05, 0) is 77.6 Å². The highest BCUT2D eigenvalue weighted by atomic mass is 19.4. The zero-order chi connectivity index (χ0) is 35.0. The molecule has 3 fully saturated rings. The highest BCUT2D eigenvalue weighted by Gasteiger charge is 2.68. The van der Waals surface area contributed by atoms with Gasteiger partial charge in [0, 0.05) is 58.4 Å². The molecular formula is C32H32F10N6. The van der Waals surface area contributed by atoms with Gasteiger partial charge in [0.05, 0.1) is 11.3 Å². The van der Waals surface area contributed by atoms with E-state index in [0.29, 0.717) is 41.4 Å². The standard InChI is InChI=1S/C12H15F3N2.C11H11F5N2.C9H6F2N2/c1-6(2)17-10-8(4-3-7-5-9(7)10)11(16-17)12(13,14)15;1-4(2)18-9-7(8(17-18)11(14,15)16)5-3-6(5)10(9,12)13;10-9(11)6-1-5(6)7-4(2-12)3-13-8(7)9/h6-7,9H,3-5H2,1-2H3;4-6H,3H2,1-2H3;3,5-6,13H,1H2. The molecule has 6 aliphatic rings. The van der Waals surface area contributed by atoms with Crippen molar-refractivity contribution in [3.05, 3.63) is 56.9 Å². The van der Waals surface area contributed by atoms with Gasteiger partial charge in [-0.25, -0.2) is 0 Å². The Balaban J connectivity index is 0.000000115. The second-order valence-electron chi connectivity index (χ2n) is 14.3. The summed E-state index contributed by atoms with van der Waals surface area (Å²) < 4.78 is 134. The fourth-order valence-electron chi connectivity index (χ4n) is 8.07. The quantitative estimate of drug-likeness (QED) is 0.273. The number of rotatable bonds is 2. The van der Waals surface area contributed by atoms with Gasteiger partial charge in [-0.3, -0.25) is 9.36 Å². The van der Waals surface area contributed by atoms with Crippen molar-refractivity contribution >= 4 is 0 Å². The van der Waals surface area contributed by atoms with Crippen LogP contribution in [0.4, 0.5) is 43.9 Å². The maximum atomic E-state index is 14.0. The number of nitriles is 1. The van der Waals surface area contributed by atoms with Crippen molar-refractivity contribution < 1.29 is 43.9 Å². The van der Waals surface area contributed by atoms with E-state index in [1.807, 2.05) is 19.9 Å². The molecule has 9 rings (SSSR count). The molecule has 1 N–H and O–H groups in total. The molecule has 0 saturated heterocycles. The van der Waals surface area contributed by atoms with E-state index in [-0.39, 0.29) is 29.6 Å². The summed E-state index contributed by atoms with van der Waals surface area (Å²) in [7, 11) is 0. The third-order valence-corrected chi connectivity index (χ3v) is 10.5. The van der Waals surface area contributed by atoms with Crippen LogP contribution >= 0.6 is 0 Å². The summed E-state index contributed by atoms with van der Waals surface area (Å²) in [4.78, 5) is 2.52. The molecule has 6 nitrogen and oxygen atoms in total. The second kappa shape index (κ2) is 10.3. The van der Waals surface area contributed by atoms with Crippen molar-refractivity contribution in [2.75, 3.05) is 0 Å². The van der Waals surface area contributed by atoms with Crippen molar-refractivity contribution in [3.8, 4) is 6.07 Å². The van der Waals surface area contributed by atoms with Crippen LogP contribution in [0.3, 0.4) is 0 Å². The highest BCUT2D eigenvalue weighted by Crippen LogP contribution is 2.69. The minimum Gasteiger partial charge on any atom is -0.359 e. The Morgan fingerprint density at radius 3 is 1.94 bits per heavy atom. The number of hydrogen-bond donors (Lipinski definition) is 1. The van der Waals surface area contributed by atoms with Crippen molar-refractivity contribution in [2.24, 2.45) is 17.8 Å². The van der Waals surface area contributed by atoms with Gasteiger partial charge in [-0.1, -0.05) is 0 Å². The minimum atomic E-state index is -4.67. The molecule has 6 aliphatic carbocycles. The van der Waals surface area contributed by atoms with E-state index in [1.54, 1.807) is 18.5 Å². The lowest BCUT2D eigenvalue weighted by atomic mass is 9.95. The van der Waals surface area contributed by atoms with E-state index in [2.05, 4.69) is 15.2 Å². The third kappa shape index (κ3) is 4.87. The molecule has 3 aromatic heterocycles. The first kappa shape index (κ1) is 33.0. The number of hydrogen-bond acceptors (Lipinski definition) is 3. The second-order valence-corrected chi connectivity index (χ2v) is 14.3. The highest BCUT2D eigenvalue weighted by molar-refractivity contribution is 5.52. The van der Waals surface area contributed by atoms with Gasteiger partial charge >= 0.3 is 12.4 Å². The zero-order valence-corrected chi connectivity index (χ0v) is 26.2. The lowest BCUT2D eigenvalue weighted by molar-refractivity contribution is -0.143. The number of aromatic amines is 1. The first-order valence-corrected chi connectivity index (χ1v) is 16.0. The monoisotopic (exact) mass is 690 g/mol. The summed E-state index contributed by atoms with van der Waals surface area (Å²) in [5.41, 5.74) is -0.310. The number of nitrogens with zero attached hydrogens (tertiary/aromatic N) is 5. The van der Waals surface area contributed by atoms with Gasteiger partial charge in [-0.15, -0.1) is 0 Å². The van der Waals surface area contributed by atoms with Crippen LogP contribution in [0.15, 0.2) is 6.20 Å². The van der Waals surface area contributed by atoms with Crippen molar-refractivity contribution in [1.82, 2.24) is 24.5 Å². The van der Waals surface area contributed by atoms with Crippen molar-refractivity contribution in [1.29, 1.82) is 5.26 Å². The molecule has 0 aliphatic heterocycles. The Morgan fingerprint density at radius 2 is 1.38 bits per heavy atom. The van der Waals surface area contributed by atoms with Gasteiger partial charge in [0.1, 0.15) is 11.8 Å². The number of aromatic nitrogens is 5. The van der Waals surface area contributed by atoms with E-state index >= 15 is 0 Å². The van der Waals surface area contributed by atoms with Crippen LogP contribution in [-0.4, -0.2) is 24.5 Å². The molecular weight excluding hydrogens is 658 g/mol. The lowest BCUT2D eigenvalue weighted by Gasteiger charge is -2.17. The average Bonchev–Trinajstić information content (AvgIpc) is 3.93. The number of halogens is 10. The largest absolute Gasteiger partial charge is 0.435 e. The summed E-state index contributed by atoms with van der Waals surface area (Å²) in [6, 6.07) is 1.42. The van der Waals surface area contributed by atoms with Crippen LogP contribution < -0.4 is 0 Å². The summed E-state index contributed by atoms with van der Waals surface area (Å²) in [6.45, 7) is 6.87. The molecule has 48 heavy (non-hydrogen) atoms. The number of nitrogens with one attached hydrogen (secondary N) is 1. The lowest BCUT2D eigenvalue weighted by Crippen LogP contribution is -2.21. The van der Waals surface area contributed by atoms with Gasteiger partial charge < -0.3 is 4.98 Å². The van der Waals surface area contributed by atoms with Gasteiger partial charge in [0.25, 0.3) is 11.8 Å². The first-order chi connectivity index (χ1) is 22.2. The topological polar surface area (TPSA) is 75.2 Å². The number of alkyl halides is 10. The predicted octanol–water partition coefficient (Wildman–Crippen LogP) is 9.32. The molecule has 16 heteroatoms. The maximum absolute atomic E-state index is 14.0. The molecule has 3 saturated carbocycles. The van der Waals surface area contributed by atoms with Crippen LogP contribution in [0.25, 0.3) is 0 Å². The Morgan fingerprint density at radius 1 is 0.812 bits per heavy atom. The van der Waals surface area contributed by atoms with E-state index in [1.165, 1.54) is 6.20 Å². The normalized spacial score (nSPS) is 28.9. The maximum Gasteiger partial charge on any atom is 0.435 e. The molecule has 3 heterocycles. The molecule has 0 bridgehead atoms. The molecule has 0 amide bonds. The zero-order valence-electron chi connectivity index (χ0n) is 26.2. The summed E-state index contributed by atoms with van der Waals surface area (Å²) in [5.74, 6) is -7.19. The Labute approximate surface area is 268 Å². The van der Waals surface area contributed by atoms with Crippen LogP contribution in [0.1, 0.15) is 134 Å². The van der Waals surface area contributed by atoms with Crippen LogP contribution in [0.2, 0.25) is 0 Å². The van der Waals surface area contributed by atoms with Crippen molar-refractivity contribution in [3.63, 3.8) is 0 Å². The molecule has 0 aromatic carbocycles. The first-order valence-electron chi connectivity index (χ1n) is 16.0. The third-order valence-electron chi connectivity index (χ3n) is 10.5. The fraction of sp³-hybridized carbons (Fsp3) is 0.656. The Kier molecular flexibility index (Phi) is 7.05.